The summed E-state index contributed by atoms with van der Waals surface area (Å²) in [5, 5.41) is 4.97. The Kier molecular flexibility index (Phi) is 8.69. The smallest absolute Gasteiger partial charge is 0.0731 e. The van der Waals surface area contributed by atoms with Crippen LogP contribution in [0.4, 0.5) is 34.1 Å². The second-order valence-electron chi connectivity index (χ2n) is 17.0. The van der Waals surface area contributed by atoms with Crippen molar-refractivity contribution in [1.82, 2.24) is 0 Å². The Bertz CT molecular complexity index is 3300. The fraction of sp³-hybridized carbons (Fsp3) is 0.0820. The van der Waals surface area contributed by atoms with Crippen LogP contribution in [0.1, 0.15) is 47.2 Å². The summed E-state index contributed by atoms with van der Waals surface area (Å²) < 4.78 is 0. The Balaban J connectivity index is 1.09. The number of rotatable bonds is 8. The van der Waals surface area contributed by atoms with E-state index in [4.69, 9.17) is 0 Å². The molecule has 300 valence electrons. The second kappa shape index (κ2) is 14.8. The third-order valence-electron chi connectivity index (χ3n) is 13.7. The van der Waals surface area contributed by atoms with Gasteiger partial charge in [-0.2, -0.15) is 0 Å². The molecule has 2 nitrogen and oxygen atoms in total. The first-order valence-corrected chi connectivity index (χ1v) is 22.4. The van der Waals surface area contributed by atoms with Crippen LogP contribution in [-0.2, 0) is 18.3 Å². The van der Waals surface area contributed by atoms with Crippen molar-refractivity contribution in [3.05, 3.63) is 252 Å². The molecule has 0 amide bonds. The van der Waals surface area contributed by atoms with E-state index >= 15 is 0 Å². The van der Waals surface area contributed by atoms with Gasteiger partial charge in [-0.05, 0) is 175 Å². The molecule has 0 aliphatic heterocycles. The zero-order chi connectivity index (χ0) is 42.1. The lowest BCUT2D eigenvalue weighted by molar-refractivity contribution is 0.802. The maximum Gasteiger partial charge on any atom is 0.0731 e. The highest BCUT2D eigenvalue weighted by molar-refractivity contribution is 6.07. The first kappa shape index (κ1) is 37.1. The van der Waals surface area contributed by atoms with Crippen molar-refractivity contribution in [2.75, 3.05) is 9.80 Å². The predicted octanol–water partition coefficient (Wildman–Crippen LogP) is 16.4. The molecule has 0 bridgehead atoms. The molecule has 63 heavy (non-hydrogen) atoms. The molecular formula is C61H46N2. The van der Waals surface area contributed by atoms with Gasteiger partial charge < -0.3 is 9.80 Å². The molecule has 0 fully saturated rings. The van der Waals surface area contributed by atoms with Crippen LogP contribution in [0.25, 0.3) is 43.8 Å². The summed E-state index contributed by atoms with van der Waals surface area (Å²) in [6, 6.07) is 81.7. The summed E-state index contributed by atoms with van der Waals surface area (Å²) in [4.78, 5) is 4.77. The summed E-state index contributed by atoms with van der Waals surface area (Å²) in [6.07, 6.45) is 2.03. The molecular weight excluding hydrogens is 761 g/mol. The number of aryl methyl sites for hydroxylation is 2. The van der Waals surface area contributed by atoms with Gasteiger partial charge in [0.25, 0.3) is 0 Å². The lowest BCUT2D eigenvalue weighted by atomic mass is 9.69. The van der Waals surface area contributed by atoms with Gasteiger partial charge in [0.1, 0.15) is 0 Å². The van der Waals surface area contributed by atoms with Crippen LogP contribution in [0.3, 0.4) is 0 Å². The Labute approximate surface area is 370 Å². The number of benzene rings is 10. The van der Waals surface area contributed by atoms with E-state index < -0.39 is 5.41 Å². The SMILES string of the molecule is CCc1ccc(N(c2ccccc2)c2ccc3cc4c(cc3c2)C2(c3ccccc3-c3ccccc32)c2c-4ccc3cc(N(c4ccccc4)c4ccc(CC)cc4)ccc23)cc1. The van der Waals surface area contributed by atoms with Crippen molar-refractivity contribution < 1.29 is 0 Å². The van der Waals surface area contributed by atoms with Gasteiger partial charge in [-0.15, -0.1) is 0 Å². The molecule has 0 N–H and O–H groups in total. The van der Waals surface area contributed by atoms with Crippen LogP contribution in [0.5, 0.6) is 0 Å². The molecule has 10 aromatic rings. The molecule has 10 aromatic carbocycles. The van der Waals surface area contributed by atoms with Crippen LogP contribution in [-0.4, -0.2) is 0 Å². The summed E-state index contributed by atoms with van der Waals surface area (Å²) >= 11 is 0. The molecule has 1 spiro atoms. The maximum absolute atomic E-state index is 2.52. The van der Waals surface area contributed by atoms with Crippen molar-refractivity contribution in [2.45, 2.75) is 32.1 Å². The van der Waals surface area contributed by atoms with Gasteiger partial charge in [0.2, 0.25) is 0 Å². The Morgan fingerprint density at radius 2 is 0.778 bits per heavy atom. The molecule has 2 aliphatic carbocycles. The van der Waals surface area contributed by atoms with E-state index in [0.29, 0.717) is 0 Å². The fourth-order valence-corrected chi connectivity index (χ4v) is 10.8. The third kappa shape index (κ3) is 5.71. The van der Waals surface area contributed by atoms with E-state index in [1.54, 1.807) is 0 Å². The van der Waals surface area contributed by atoms with Gasteiger partial charge >= 0.3 is 0 Å². The number of para-hydroxylation sites is 2. The molecule has 0 heterocycles. The van der Waals surface area contributed by atoms with Crippen LogP contribution >= 0.6 is 0 Å². The number of hydrogen-bond acceptors (Lipinski definition) is 2. The minimum Gasteiger partial charge on any atom is -0.310 e. The summed E-state index contributed by atoms with van der Waals surface area (Å²) in [6.45, 7) is 4.43. The van der Waals surface area contributed by atoms with Crippen molar-refractivity contribution in [1.29, 1.82) is 0 Å². The quantitative estimate of drug-likeness (QED) is 0.151. The minimum absolute atomic E-state index is 0.507. The largest absolute Gasteiger partial charge is 0.310 e. The molecule has 2 heteroatoms. The number of anilines is 6. The number of nitrogens with zero attached hydrogens (tertiary/aromatic N) is 2. The molecule has 12 rings (SSSR count). The van der Waals surface area contributed by atoms with Crippen LogP contribution in [0.15, 0.2) is 218 Å². The van der Waals surface area contributed by atoms with Crippen molar-refractivity contribution in [3.63, 3.8) is 0 Å². The summed E-state index contributed by atoms with van der Waals surface area (Å²) in [5.41, 5.74) is 19.7. The van der Waals surface area contributed by atoms with E-state index in [1.165, 1.54) is 77.2 Å². The topological polar surface area (TPSA) is 6.48 Å². The Morgan fingerprint density at radius 3 is 1.33 bits per heavy atom. The lowest BCUT2D eigenvalue weighted by Crippen LogP contribution is -2.26. The normalized spacial score (nSPS) is 12.9. The molecule has 0 aromatic heterocycles. The first-order valence-electron chi connectivity index (χ1n) is 22.4. The van der Waals surface area contributed by atoms with Crippen molar-refractivity contribution in [3.8, 4) is 22.3 Å². The molecule has 0 saturated carbocycles. The lowest BCUT2D eigenvalue weighted by Gasteiger charge is -2.32. The molecule has 0 radical (unpaired) electrons. The number of fused-ring (bicyclic) bond motifs is 13. The molecule has 0 saturated heterocycles. The zero-order valence-corrected chi connectivity index (χ0v) is 35.6. The van der Waals surface area contributed by atoms with Gasteiger partial charge in [-0.25, -0.2) is 0 Å². The van der Waals surface area contributed by atoms with E-state index in [-0.39, 0.29) is 0 Å². The monoisotopic (exact) mass is 806 g/mol. The highest BCUT2D eigenvalue weighted by atomic mass is 15.1. The highest BCUT2D eigenvalue weighted by Gasteiger charge is 2.52. The average molecular weight is 807 g/mol. The van der Waals surface area contributed by atoms with E-state index in [1.807, 2.05) is 0 Å². The van der Waals surface area contributed by atoms with E-state index in [9.17, 15) is 0 Å². The fourth-order valence-electron chi connectivity index (χ4n) is 10.8. The van der Waals surface area contributed by atoms with Crippen molar-refractivity contribution in [2.24, 2.45) is 0 Å². The minimum atomic E-state index is -0.507. The van der Waals surface area contributed by atoms with Gasteiger partial charge in [0.15, 0.2) is 0 Å². The van der Waals surface area contributed by atoms with E-state index in [0.717, 1.165) is 47.0 Å². The number of hydrogen-bond donors (Lipinski definition) is 0. The van der Waals surface area contributed by atoms with Crippen LogP contribution < -0.4 is 9.80 Å². The second-order valence-corrected chi connectivity index (χ2v) is 17.0. The van der Waals surface area contributed by atoms with Gasteiger partial charge in [-0.3, -0.25) is 0 Å². The maximum atomic E-state index is 2.52. The standard InChI is InChI=1S/C61H46N2/c1-3-41-23-29-48(30-24-41)62(46-15-7-5-8-16-46)50-33-27-43-39-56-55-35-28-44-37-51(63(47-17-9-6-10-18-47)49-31-25-42(4-2)26-32-49)34-36-52(44)60(55)61(59(56)40-45(43)38-50)57-21-13-11-19-53(57)54-20-12-14-22-58(54)61/h5-40H,3-4H2,1-2H3. The average Bonchev–Trinajstić information content (AvgIpc) is 3.81. The predicted molar refractivity (Wildman–Crippen MR) is 266 cm³/mol. The zero-order valence-electron chi connectivity index (χ0n) is 35.6. The molecule has 0 atom stereocenters. The van der Waals surface area contributed by atoms with Crippen LogP contribution in [0, 0.1) is 0 Å². The highest BCUT2D eigenvalue weighted by Crippen LogP contribution is 2.64. The van der Waals surface area contributed by atoms with Gasteiger partial charge in [0.05, 0.1) is 5.41 Å². The van der Waals surface area contributed by atoms with E-state index in [2.05, 4.69) is 242 Å². The van der Waals surface area contributed by atoms with Gasteiger partial charge in [-0.1, -0.05) is 147 Å². The van der Waals surface area contributed by atoms with Gasteiger partial charge in [0, 0.05) is 34.1 Å². The Hall–Kier alpha value is -7.68. The van der Waals surface area contributed by atoms with Crippen LogP contribution in [0.2, 0.25) is 0 Å². The third-order valence-corrected chi connectivity index (χ3v) is 13.7. The summed E-state index contributed by atoms with van der Waals surface area (Å²) in [7, 11) is 0. The first-order chi connectivity index (χ1) is 31.1. The summed E-state index contributed by atoms with van der Waals surface area (Å²) in [5.74, 6) is 0. The molecule has 0 unspecified atom stereocenters. The Morgan fingerprint density at radius 1 is 0.317 bits per heavy atom. The molecule has 2 aliphatic rings. The van der Waals surface area contributed by atoms with Crippen molar-refractivity contribution >= 4 is 55.7 Å².